The Bertz CT molecular complexity index is 427. The molecule has 0 aromatic heterocycles. The van der Waals surface area contributed by atoms with Gasteiger partial charge < -0.3 is 0 Å². The van der Waals surface area contributed by atoms with Crippen LogP contribution in [0.1, 0.15) is 124 Å². The molecule has 0 fully saturated rings. The smallest absolute Gasteiger partial charge is 0.267 e. The highest BCUT2D eigenvalue weighted by atomic mass is 32.2. The molecule has 0 aliphatic heterocycles. The van der Waals surface area contributed by atoms with Crippen LogP contribution in [0.3, 0.4) is 0 Å². The zero-order chi connectivity index (χ0) is 20.2. The first-order valence-corrected chi connectivity index (χ1v) is 13.0. The standard InChI is InChI=1S/C23H46O3S/c1-4-5-6-7-8-9-10-11-12-13-14-15-16-17-18-19-20-21-27(24,25)26-22-23(2)3/h20-21,23H,4-19,22H2,1-3H3. The van der Waals surface area contributed by atoms with Crippen molar-refractivity contribution < 1.29 is 12.6 Å². The Morgan fingerprint density at radius 2 is 1.11 bits per heavy atom. The van der Waals surface area contributed by atoms with Crippen molar-refractivity contribution in [3.8, 4) is 0 Å². The van der Waals surface area contributed by atoms with Gasteiger partial charge in [-0.1, -0.05) is 117 Å². The monoisotopic (exact) mass is 402 g/mol. The number of rotatable bonds is 20. The van der Waals surface area contributed by atoms with Crippen molar-refractivity contribution in [1.82, 2.24) is 0 Å². The Morgan fingerprint density at radius 1 is 0.704 bits per heavy atom. The Kier molecular flexibility index (Phi) is 18.7. The van der Waals surface area contributed by atoms with E-state index in [2.05, 4.69) is 6.92 Å². The van der Waals surface area contributed by atoms with Crippen molar-refractivity contribution >= 4 is 10.1 Å². The van der Waals surface area contributed by atoms with Crippen LogP contribution in [0, 0.1) is 5.92 Å². The fraction of sp³-hybridized carbons (Fsp3) is 0.913. The average molecular weight is 403 g/mol. The first-order valence-electron chi connectivity index (χ1n) is 11.5. The van der Waals surface area contributed by atoms with E-state index in [0.717, 1.165) is 12.8 Å². The van der Waals surface area contributed by atoms with E-state index in [9.17, 15) is 8.42 Å². The zero-order valence-corrected chi connectivity index (χ0v) is 19.2. The molecule has 0 amide bonds. The molecule has 0 spiro atoms. The number of unbranched alkanes of at least 4 members (excludes halogenated alkanes) is 15. The van der Waals surface area contributed by atoms with Crippen molar-refractivity contribution in [2.24, 2.45) is 5.92 Å². The summed E-state index contributed by atoms with van der Waals surface area (Å²) < 4.78 is 28.1. The highest BCUT2D eigenvalue weighted by Crippen LogP contribution is 2.14. The van der Waals surface area contributed by atoms with E-state index >= 15 is 0 Å². The van der Waals surface area contributed by atoms with Crippen LogP contribution in [-0.4, -0.2) is 15.0 Å². The molecule has 0 aliphatic carbocycles. The highest BCUT2D eigenvalue weighted by Gasteiger charge is 2.06. The molecule has 3 nitrogen and oxygen atoms in total. The summed E-state index contributed by atoms with van der Waals surface area (Å²) in [6.45, 7) is 6.41. The van der Waals surface area contributed by atoms with Gasteiger partial charge in [0.1, 0.15) is 0 Å². The first-order chi connectivity index (χ1) is 13.0. The molecule has 0 aromatic carbocycles. The summed E-state index contributed by atoms with van der Waals surface area (Å²) in [5.74, 6) is 0.226. The molecule has 0 aliphatic rings. The Morgan fingerprint density at radius 3 is 1.52 bits per heavy atom. The van der Waals surface area contributed by atoms with Crippen molar-refractivity contribution in [2.75, 3.05) is 6.61 Å². The second kappa shape index (κ2) is 19.0. The first kappa shape index (κ1) is 26.6. The summed E-state index contributed by atoms with van der Waals surface area (Å²) in [6.07, 6.45) is 22.8. The van der Waals surface area contributed by atoms with Gasteiger partial charge in [0.25, 0.3) is 10.1 Å². The van der Waals surface area contributed by atoms with Gasteiger partial charge in [-0.25, -0.2) is 0 Å². The molecule has 162 valence electrons. The minimum absolute atomic E-state index is 0.226. The minimum atomic E-state index is -3.48. The molecular formula is C23H46O3S. The predicted molar refractivity (Wildman–Crippen MR) is 118 cm³/mol. The molecule has 0 N–H and O–H groups in total. The fourth-order valence-corrected chi connectivity index (χ4v) is 4.00. The highest BCUT2D eigenvalue weighted by molar-refractivity contribution is 7.89. The summed E-state index contributed by atoms with van der Waals surface area (Å²) in [5, 5.41) is 1.22. The van der Waals surface area contributed by atoms with E-state index < -0.39 is 10.1 Å². The normalized spacial score (nSPS) is 12.4. The van der Waals surface area contributed by atoms with E-state index in [1.807, 2.05) is 13.8 Å². The van der Waals surface area contributed by atoms with Gasteiger partial charge in [-0.3, -0.25) is 4.18 Å². The summed E-state index contributed by atoms with van der Waals surface area (Å²) in [7, 11) is -3.48. The van der Waals surface area contributed by atoms with Crippen molar-refractivity contribution in [3.63, 3.8) is 0 Å². The molecule has 0 unspecified atom stereocenters. The maximum Gasteiger partial charge on any atom is 0.289 e. The van der Waals surface area contributed by atoms with Crippen molar-refractivity contribution in [1.29, 1.82) is 0 Å². The minimum Gasteiger partial charge on any atom is -0.267 e. The number of hydrogen-bond donors (Lipinski definition) is 0. The molecule has 0 saturated heterocycles. The van der Waals surface area contributed by atoms with Gasteiger partial charge in [0.05, 0.1) is 12.0 Å². The molecule has 27 heavy (non-hydrogen) atoms. The zero-order valence-electron chi connectivity index (χ0n) is 18.4. The largest absolute Gasteiger partial charge is 0.289 e. The van der Waals surface area contributed by atoms with Gasteiger partial charge in [-0.2, -0.15) is 8.42 Å². The van der Waals surface area contributed by atoms with E-state index in [1.54, 1.807) is 6.08 Å². The number of allylic oxidation sites excluding steroid dienone is 1. The van der Waals surface area contributed by atoms with Gasteiger partial charge in [0.2, 0.25) is 0 Å². The van der Waals surface area contributed by atoms with Crippen molar-refractivity contribution in [2.45, 2.75) is 124 Å². The third-order valence-corrected chi connectivity index (χ3v) is 5.79. The quantitative estimate of drug-likeness (QED) is 0.154. The summed E-state index contributed by atoms with van der Waals surface area (Å²) in [5.41, 5.74) is 0. The lowest BCUT2D eigenvalue weighted by molar-refractivity contribution is 0.280. The third kappa shape index (κ3) is 21.8. The molecule has 4 heteroatoms. The Labute approximate surface area is 170 Å². The van der Waals surface area contributed by atoms with Crippen LogP contribution in [-0.2, 0) is 14.3 Å². The SMILES string of the molecule is CCCCCCCCCCCCCCCCCC=CS(=O)(=O)OCC(C)C. The van der Waals surface area contributed by atoms with E-state index in [4.69, 9.17) is 4.18 Å². The second-order valence-corrected chi connectivity index (χ2v) is 9.77. The van der Waals surface area contributed by atoms with Crippen LogP contribution in [0.15, 0.2) is 11.5 Å². The van der Waals surface area contributed by atoms with Crippen LogP contribution in [0.4, 0.5) is 0 Å². The Balaban J connectivity index is 3.30. The molecule has 0 saturated carbocycles. The summed E-state index contributed by atoms with van der Waals surface area (Å²) in [6, 6.07) is 0. The topological polar surface area (TPSA) is 43.4 Å². The predicted octanol–water partition coefficient (Wildman–Crippen LogP) is 7.76. The fourth-order valence-electron chi connectivity index (χ4n) is 3.09. The van der Waals surface area contributed by atoms with Gasteiger partial charge in [0.15, 0.2) is 0 Å². The van der Waals surface area contributed by atoms with Crippen LogP contribution >= 0.6 is 0 Å². The molecule has 0 atom stereocenters. The van der Waals surface area contributed by atoms with Crippen LogP contribution < -0.4 is 0 Å². The number of hydrogen-bond acceptors (Lipinski definition) is 3. The van der Waals surface area contributed by atoms with E-state index in [-0.39, 0.29) is 12.5 Å². The molecule has 0 aromatic rings. The van der Waals surface area contributed by atoms with Crippen LogP contribution in [0.25, 0.3) is 0 Å². The molecule has 0 bridgehead atoms. The maximum atomic E-state index is 11.6. The molecule has 0 heterocycles. The van der Waals surface area contributed by atoms with Crippen LogP contribution in [0.2, 0.25) is 0 Å². The van der Waals surface area contributed by atoms with E-state index in [0.29, 0.717) is 0 Å². The Hall–Kier alpha value is -0.350. The maximum absolute atomic E-state index is 11.6. The third-order valence-electron chi connectivity index (χ3n) is 4.80. The lowest BCUT2D eigenvalue weighted by Crippen LogP contribution is -2.07. The summed E-state index contributed by atoms with van der Waals surface area (Å²) in [4.78, 5) is 0. The van der Waals surface area contributed by atoms with Gasteiger partial charge >= 0.3 is 0 Å². The second-order valence-electron chi connectivity index (χ2n) is 8.28. The summed E-state index contributed by atoms with van der Waals surface area (Å²) >= 11 is 0. The lowest BCUT2D eigenvalue weighted by Gasteiger charge is -2.04. The van der Waals surface area contributed by atoms with E-state index in [1.165, 1.54) is 95.3 Å². The van der Waals surface area contributed by atoms with Gasteiger partial charge in [0, 0.05) is 0 Å². The lowest BCUT2D eigenvalue weighted by atomic mass is 10.0. The molecule has 0 radical (unpaired) electrons. The average Bonchev–Trinajstić information content (AvgIpc) is 2.62. The van der Waals surface area contributed by atoms with Gasteiger partial charge in [-0.05, 0) is 18.8 Å². The van der Waals surface area contributed by atoms with Crippen LogP contribution in [0.5, 0.6) is 0 Å². The molecule has 0 rings (SSSR count). The van der Waals surface area contributed by atoms with Gasteiger partial charge in [-0.15, -0.1) is 0 Å². The van der Waals surface area contributed by atoms with Crippen molar-refractivity contribution in [3.05, 3.63) is 11.5 Å². The molecular weight excluding hydrogens is 356 g/mol.